The zero-order valence-corrected chi connectivity index (χ0v) is 14.7. The Morgan fingerprint density at radius 1 is 0.815 bits per heavy atom. The monoisotopic (exact) mass is 358 g/mol. The van der Waals surface area contributed by atoms with Crippen LogP contribution in [0.25, 0.3) is 0 Å². The summed E-state index contributed by atoms with van der Waals surface area (Å²) >= 11 is 0. The van der Waals surface area contributed by atoms with Crippen molar-refractivity contribution in [3.05, 3.63) is 60.6 Å². The molecule has 8 heteroatoms. The van der Waals surface area contributed by atoms with Crippen molar-refractivity contribution in [2.24, 2.45) is 0 Å². The molecule has 1 saturated heterocycles. The van der Waals surface area contributed by atoms with Crippen molar-refractivity contribution in [2.45, 2.75) is 0 Å². The number of nitriles is 1. The first-order valence-electron chi connectivity index (χ1n) is 8.69. The molecule has 0 spiro atoms. The molecule has 1 N–H and O–H groups in total. The van der Waals surface area contributed by atoms with Crippen LogP contribution in [0.4, 0.5) is 23.4 Å². The van der Waals surface area contributed by atoms with Crippen LogP contribution >= 0.6 is 0 Å². The Bertz CT molecular complexity index is 928. The number of hydrogen-bond acceptors (Lipinski definition) is 8. The molecule has 2 aromatic heterocycles. The second kappa shape index (κ2) is 7.66. The summed E-state index contributed by atoms with van der Waals surface area (Å²) in [6.45, 7) is 3.25. The molecule has 3 heterocycles. The molecule has 0 aliphatic carbocycles. The van der Waals surface area contributed by atoms with Gasteiger partial charge in [-0.1, -0.05) is 0 Å². The molecule has 27 heavy (non-hydrogen) atoms. The molecule has 0 unspecified atom stereocenters. The van der Waals surface area contributed by atoms with Gasteiger partial charge in [0.15, 0.2) is 0 Å². The second-order valence-corrected chi connectivity index (χ2v) is 6.08. The molecule has 0 atom stereocenters. The predicted molar refractivity (Wildman–Crippen MR) is 103 cm³/mol. The fraction of sp³-hybridized carbons (Fsp3) is 0.211. The number of rotatable bonds is 4. The highest BCUT2D eigenvalue weighted by Gasteiger charge is 2.20. The molecule has 8 nitrogen and oxygen atoms in total. The zero-order valence-electron chi connectivity index (χ0n) is 14.7. The van der Waals surface area contributed by atoms with Crippen molar-refractivity contribution in [1.82, 2.24) is 19.9 Å². The number of piperazine rings is 1. The lowest BCUT2D eigenvalue weighted by atomic mass is 10.2. The molecule has 134 valence electrons. The maximum absolute atomic E-state index is 8.88. The highest BCUT2D eigenvalue weighted by atomic mass is 15.4. The van der Waals surface area contributed by atoms with Gasteiger partial charge >= 0.3 is 0 Å². The molecule has 3 aromatic rings. The van der Waals surface area contributed by atoms with E-state index in [0.717, 1.165) is 43.6 Å². The molecule has 1 fully saturated rings. The average Bonchev–Trinajstić information content (AvgIpc) is 2.75. The quantitative estimate of drug-likeness (QED) is 0.759. The SMILES string of the molecule is N#Cc1ccc(Nc2ccnc(N3CCN(c4ncccn4)CC3)n2)cc1. The van der Waals surface area contributed by atoms with E-state index in [2.05, 4.69) is 41.1 Å². The molecule has 0 bridgehead atoms. The Hall–Kier alpha value is -3.73. The van der Waals surface area contributed by atoms with Gasteiger partial charge in [0.05, 0.1) is 11.6 Å². The highest BCUT2D eigenvalue weighted by Crippen LogP contribution is 2.19. The first-order chi connectivity index (χ1) is 13.3. The van der Waals surface area contributed by atoms with E-state index in [1.165, 1.54) is 0 Å². The van der Waals surface area contributed by atoms with E-state index < -0.39 is 0 Å². The van der Waals surface area contributed by atoms with Crippen LogP contribution in [0.1, 0.15) is 5.56 Å². The van der Waals surface area contributed by atoms with Crippen molar-refractivity contribution in [1.29, 1.82) is 5.26 Å². The van der Waals surface area contributed by atoms with Gasteiger partial charge in [-0.3, -0.25) is 0 Å². The van der Waals surface area contributed by atoms with E-state index >= 15 is 0 Å². The summed E-state index contributed by atoms with van der Waals surface area (Å²) in [6.07, 6.45) is 5.27. The van der Waals surface area contributed by atoms with E-state index in [0.29, 0.717) is 11.5 Å². The third kappa shape index (κ3) is 3.93. The Kier molecular flexibility index (Phi) is 4.74. The van der Waals surface area contributed by atoms with E-state index in [9.17, 15) is 0 Å². The Morgan fingerprint density at radius 2 is 1.44 bits per heavy atom. The minimum atomic E-state index is 0.629. The summed E-state index contributed by atoms with van der Waals surface area (Å²) in [5, 5.41) is 12.1. The third-order valence-electron chi connectivity index (χ3n) is 4.33. The highest BCUT2D eigenvalue weighted by molar-refractivity contribution is 5.58. The lowest BCUT2D eigenvalue weighted by molar-refractivity contribution is 0.628. The predicted octanol–water partition coefficient (Wildman–Crippen LogP) is 2.21. The third-order valence-corrected chi connectivity index (χ3v) is 4.33. The number of nitrogens with zero attached hydrogens (tertiary/aromatic N) is 7. The van der Waals surface area contributed by atoms with Crippen LogP contribution in [0.2, 0.25) is 0 Å². The van der Waals surface area contributed by atoms with Crippen molar-refractivity contribution >= 4 is 23.4 Å². The van der Waals surface area contributed by atoms with Crippen LogP contribution in [0.5, 0.6) is 0 Å². The molecular formula is C19H18N8. The van der Waals surface area contributed by atoms with Gasteiger partial charge < -0.3 is 15.1 Å². The maximum atomic E-state index is 8.88. The normalized spacial score (nSPS) is 13.9. The number of aromatic nitrogens is 4. The van der Waals surface area contributed by atoms with Crippen LogP contribution < -0.4 is 15.1 Å². The van der Waals surface area contributed by atoms with Gasteiger partial charge in [-0.05, 0) is 36.4 Å². The van der Waals surface area contributed by atoms with E-state index in [1.807, 2.05) is 24.3 Å². The van der Waals surface area contributed by atoms with Gasteiger partial charge in [-0.25, -0.2) is 15.0 Å². The van der Waals surface area contributed by atoms with Crippen LogP contribution in [0.15, 0.2) is 55.0 Å². The van der Waals surface area contributed by atoms with E-state index in [1.54, 1.807) is 30.7 Å². The molecule has 0 saturated carbocycles. The van der Waals surface area contributed by atoms with E-state index in [-0.39, 0.29) is 0 Å². The summed E-state index contributed by atoms with van der Waals surface area (Å²) in [4.78, 5) is 22.0. The Balaban J connectivity index is 1.41. The largest absolute Gasteiger partial charge is 0.340 e. The fourth-order valence-corrected chi connectivity index (χ4v) is 2.91. The zero-order chi connectivity index (χ0) is 18.5. The molecule has 1 aliphatic rings. The molecule has 0 amide bonds. The smallest absolute Gasteiger partial charge is 0.227 e. The van der Waals surface area contributed by atoms with Gasteiger partial charge in [0.1, 0.15) is 5.82 Å². The Morgan fingerprint density at radius 3 is 2.11 bits per heavy atom. The van der Waals surface area contributed by atoms with Gasteiger partial charge in [0.2, 0.25) is 11.9 Å². The number of benzene rings is 1. The van der Waals surface area contributed by atoms with Crippen molar-refractivity contribution in [3.8, 4) is 6.07 Å². The molecule has 1 aromatic carbocycles. The average molecular weight is 358 g/mol. The molecule has 0 radical (unpaired) electrons. The van der Waals surface area contributed by atoms with Crippen molar-refractivity contribution < 1.29 is 0 Å². The first kappa shape index (κ1) is 16.7. The fourth-order valence-electron chi connectivity index (χ4n) is 2.91. The van der Waals surface area contributed by atoms with Crippen LogP contribution in [-0.4, -0.2) is 46.1 Å². The van der Waals surface area contributed by atoms with Gasteiger partial charge in [-0.2, -0.15) is 10.2 Å². The summed E-state index contributed by atoms with van der Waals surface area (Å²) in [7, 11) is 0. The molecular weight excluding hydrogens is 340 g/mol. The maximum Gasteiger partial charge on any atom is 0.227 e. The van der Waals surface area contributed by atoms with Crippen LogP contribution in [-0.2, 0) is 0 Å². The van der Waals surface area contributed by atoms with Crippen LogP contribution in [0.3, 0.4) is 0 Å². The van der Waals surface area contributed by atoms with Crippen LogP contribution in [0, 0.1) is 11.3 Å². The lowest BCUT2D eigenvalue weighted by Gasteiger charge is -2.34. The number of hydrogen-bond donors (Lipinski definition) is 1. The summed E-state index contributed by atoms with van der Waals surface area (Å²) in [5.41, 5.74) is 1.51. The van der Waals surface area contributed by atoms with Gasteiger partial charge in [0, 0.05) is 50.5 Å². The summed E-state index contributed by atoms with van der Waals surface area (Å²) < 4.78 is 0. The van der Waals surface area contributed by atoms with E-state index in [4.69, 9.17) is 5.26 Å². The molecule has 4 rings (SSSR count). The molecule has 1 aliphatic heterocycles. The second-order valence-electron chi connectivity index (χ2n) is 6.08. The van der Waals surface area contributed by atoms with Crippen molar-refractivity contribution in [3.63, 3.8) is 0 Å². The lowest BCUT2D eigenvalue weighted by Crippen LogP contribution is -2.47. The standard InChI is InChI=1S/C19H18N8/c20-14-15-2-4-16(5-3-15)24-17-6-9-23-19(25-17)27-12-10-26(11-13-27)18-21-7-1-8-22-18/h1-9H,10-13H2,(H,23,24,25). The first-order valence-corrected chi connectivity index (χ1v) is 8.69. The van der Waals surface area contributed by atoms with Gasteiger partial charge in [0.25, 0.3) is 0 Å². The summed E-state index contributed by atoms with van der Waals surface area (Å²) in [5.74, 6) is 2.18. The number of anilines is 4. The van der Waals surface area contributed by atoms with Crippen molar-refractivity contribution in [2.75, 3.05) is 41.3 Å². The van der Waals surface area contributed by atoms with Gasteiger partial charge in [-0.15, -0.1) is 0 Å². The summed E-state index contributed by atoms with van der Waals surface area (Å²) in [6, 6.07) is 13.0. The Labute approximate surface area is 157 Å². The number of nitrogens with one attached hydrogen (secondary N) is 1. The topological polar surface area (TPSA) is 93.9 Å². The minimum absolute atomic E-state index is 0.629. The minimum Gasteiger partial charge on any atom is -0.340 e.